The summed E-state index contributed by atoms with van der Waals surface area (Å²) in [5, 5.41) is 0. The van der Waals surface area contributed by atoms with Crippen LogP contribution in [-0.4, -0.2) is 22.8 Å². The maximum absolute atomic E-state index is 12.3. The van der Waals surface area contributed by atoms with Crippen LogP contribution < -0.4 is 0 Å². The summed E-state index contributed by atoms with van der Waals surface area (Å²) in [7, 11) is 1.83. The molecule has 0 saturated carbocycles. The molecule has 19 heavy (non-hydrogen) atoms. The van der Waals surface area contributed by atoms with Crippen molar-refractivity contribution in [3.8, 4) is 0 Å². The number of thiophene rings is 1. The van der Waals surface area contributed by atoms with Crippen LogP contribution in [0.3, 0.4) is 0 Å². The van der Waals surface area contributed by atoms with E-state index < -0.39 is 0 Å². The summed E-state index contributed by atoms with van der Waals surface area (Å²) in [4.78, 5) is 20.2. The van der Waals surface area contributed by atoms with Crippen molar-refractivity contribution in [2.24, 2.45) is 0 Å². The SMILES string of the molecule is CCc1cc(C(=O)N(C)Cc2cccnc2)sc1C. The number of amides is 1. The highest BCUT2D eigenvalue weighted by Gasteiger charge is 2.16. The van der Waals surface area contributed by atoms with Crippen LogP contribution in [0.15, 0.2) is 30.6 Å². The Bertz CT molecular complexity index is 563. The highest BCUT2D eigenvalue weighted by molar-refractivity contribution is 7.14. The van der Waals surface area contributed by atoms with E-state index in [-0.39, 0.29) is 5.91 Å². The molecule has 0 aromatic carbocycles. The number of aryl methyl sites for hydroxylation is 2. The van der Waals surface area contributed by atoms with Gasteiger partial charge in [-0.3, -0.25) is 9.78 Å². The second-order valence-electron chi connectivity index (χ2n) is 4.57. The molecule has 0 aliphatic heterocycles. The Morgan fingerprint density at radius 2 is 2.26 bits per heavy atom. The van der Waals surface area contributed by atoms with Crippen LogP contribution in [0.4, 0.5) is 0 Å². The zero-order chi connectivity index (χ0) is 13.8. The standard InChI is InChI=1S/C15H18N2OS/c1-4-13-8-14(19-11(13)2)15(18)17(3)10-12-6-5-7-16-9-12/h5-9H,4,10H2,1-3H3. The zero-order valence-corrected chi connectivity index (χ0v) is 12.3. The predicted molar refractivity (Wildman–Crippen MR) is 78.5 cm³/mol. The Balaban J connectivity index is 2.10. The highest BCUT2D eigenvalue weighted by Crippen LogP contribution is 2.23. The van der Waals surface area contributed by atoms with Gasteiger partial charge in [0.2, 0.25) is 0 Å². The molecule has 2 heterocycles. The van der Waals surface area contributed by atoms with Crippen LogP contribution in [0, 0.1) is 6.92 Å². The number of aromatic nitrogens is 1. The lowest BCUT2D eigenvalue weighted by atomic mass is 10.2. The topological polar surface area (TPSA) is 33.2 Å². The van der Waals surface area contributed by atoms with Crippen LogP contribution in [0.1, 0.15) is 32.6 Å². The molecule has 0 saturated heterocycles. The molecule has 1 amide bonds. The largest absolute Gasteiger partial charge is 0.337 e. The molecule has 0 radical (unpaired) electrons. The van der Waals surface area contributed by atoms with Gasteiger partial charge in [0.25, 0.3) is 5.91 Å². The first-order valence-corrected chi connectivity index (χ1v) is 7.17. The van der Waals surface area contributed by atoms with E-state index in [2.05, 4.69) is 18.8 Å². The molecule has 0 unspecified atom stereocenters. The lowest BCUT2D eigenvalue weighted by Gasteiger charge is -2.15. The minimum Gasteiger partial charge on any atom is -0.337 e. The van der Waals surface area contributed by atoms with Gasteiger partial charge in [-0.15, -0.1) is 11.3 Å². The molecule has 0 aliphatic carbocycles. The summed E-state index contributed by atoms with van der Waals surface area (Å²) in [5.74, 6) is 0.0802. The van der Waals surface area contributed by atoms with E-state index in [1.165, 1.54) is 10.4 Å². The summed E-state index contributed by atoms with van der Waals surface area (Å²) in [6.07, 6.45) is 4.50. The Kier molecular flexibility index (Phi) is 4.32. The summed E-state index contributed by atoms with van der Waals surface area (Å²) in [6, 6.07) is 5.88. The molecule has 0 atom stereocenters. The van der Waals surface area contributed by atoms with Crippen molar-refractivity contribution in [1.29, 1.82) is 0 Å². The number of hydrogen-bond donors (Lipinski definition) is 0. The number of nitrogens with zero attached hydrogens (tertiary/aromatic N) is 2. The highest BCUT2D eigenvalue weighted by atomic mass is 32.1. The fraction of sp³-hybridized carbons (Fsp3) is 0.333. The molecule has 100 valence electrons. The van der Waals surface area contributed by atoms with Gasteiger partial charge in [0, 0.05) is 30.9 Å². The second-order valence-corrected chi connectivity index (χ2v) is 5.82. The van der Waals surface area contributed by atoms with E-state index in [9.17, 15) is 4.79 Å². The van der Waals surface area contributed by atoms with Crippen molar-refractivity contribution in [2.45, 2.75) is 26.8 Å². The molecule has 4 heteroatoms. The van der Waals surface area contributed by atoms with Gasteiger partial charge < -0.3 is 4.90 Å². The van der Waals surface area contributed by atoms with Gasteiger partial charge in [0.05, 0.1) is 4.88 Å². The fourth-order valence-corrected chi connectivity index (χ4v) is 3.11. The third kappa shape index (κ3) is 3.20. The van der Waals surface area contributed by atoms with Crippen LogP contribution in [0.2, 0.25) is 0 Å². The van der Waals surface area contributed by atoms with E-state index in [1.54, 1.807) is 28.6 Å². The third-order valence-electron chi connectivity index (χ3n) is 3.10. The summed E-state index contributed by atoms with van der Waals surface area (Å²) in [6.45, 7) is 4.77. The molecule has 0 N–H and O–H groups in total. The van der Waals surface area contributed by atoms with Gasteiger partial charge in [-0.2, -0.15) is 0 Å². The van der Waals surface area contributed by atoms with E-state index in [0.717, 1.165) is 16.9 Å². The average molecular weight is 274 g/mol. The third-order valence-corrected chi connectivity index (χ3v) is 4.18. The van der Waals surface area contributed by atoms with Crippen LogP contribution in [-0.2, 0) is 13.0 Å². The van der Waals surface area contributed by atoms with Crippen molar-refractivity contribution in [3.05, 3.63) is 51.5 Å². The number of carbonyl (C=O) groups is 1. The molecule has 0 aliphatic rings. The first-order valence-electron chi connectivity index (χ1n) is 6.35. The molecule has 2 rings (SSSR count). The molecule has 3 nitrogen and oxygen atoms in total. The molecule has 0 bridgehead atoms. The number of pyridine rings is 1. The lowest BCUT2D eigenvalue weighted by molar-refractivity contribution is 0.0789. The van der Waals surface area contributed by atoms with Gasteiger partial charge >= 0.3 is 0 Å². The average Bonchev–Trinajstić information content (AvgIpc) is 2.80. The van der Waals surface area contributed by atoms with Crippen molar-refractivity contribution in [2.75, 3.05) is 7.05 Å². The first kappa shape index (κ1) is 13.7. The van der Waals surface area contributed by atoms with Gasteiger partial charge in [0.1, 0.15) is 0 Å². The maximum Gasteiger partial charge on any atom is 0.263 e. The van der Waals surface area contributed by atoms with Crippen molar-refractivity contribution in [3.63, 3.8) is 0 Å². The quantitative estimate of drug-likeness (QED) is 0.857. The first-order chi connectivity index (χ1) is 9.11. The molecule has 0 spiro atoms. The van der Waals surface area contributed by atoms with E-state index >= 15 is 0 Å². The Labute approximate surface area is 117 Å². The van der Waals surface area contributed by atoms with E-state index in [1.807, 2.05) is 25.2 Å². The lowest BCUT2D eigenvalue weighted by Crippen LogP contribution is -2.25. The van der Waals surface area contributed by atoms with Crippen molar-refractivity contribution in [1.82, 2.24) is 9.88 Å². The zero-order valence-electron chi connectivity index (χ0n) is 11.5. The van der Waals surface area contributed by atoms with E-state index in [4.69, 9.17) is 0 Å². The fourth-order valence-electron chi connectivity index (χ4n) is 2.00. The summed E-state index contributed by atoms with van der Waals surface area (Å²) in [5.41, 5.74) is 2.31. The van der Waals surface area contributed by atoms with Gasteiger partial charge in [-0.1, -0.05) is 13.0 Å². The second kappa shape index (κ2) is 5.97. The van der Waals surface area contributed by atoms with Gasteiger partial charge in [0.15, 0.2) is 0 Å². The van der Waals surface area contributed by atoms with Gasteiger partial charge in [-0.25, -0.2) is 0 Å². The Morgan fingerprint density at radius 3 is 2.84 bits per heavy atom. The minimum absolute atomic E-state index is 0.0802. The maximum atomic E-state index is 12.3. The van der Waals surface area contributed by atoms with Crippen molar-refractivity contribution >= 4 is 17.2 Å². The van der Waals surface area contributed by atoms with Crippen LogP contribution in [0.5, 0.6) is 0 Å². The minimum atomic E-state index is 0.0802. The normalized spacial score (nSPS) is 10.5. The number of hydrogen-bond acceptors (Lipinski definition) is 3. The predicted octanol–water partition coefficient (Wildman–Crippen LogP) is 3.29. The molecule has 2 aromatic heterocycles. The molecular weight excluding hydrogens is 256 g/mol. The Morgan fingerprint density at radius 1 is 1.47 bits per heavy atom. The molecule has 0 fully saturated rings. The smallest absolute Gasteiger partial charge is 0.263 e. The van der Waals surface area contributed by atoms with E-state index in [0.29, 0.717) is 6.54 Å². The molecule has 2 aromatic rings. The number of rotatable bonds is 4. The Hall–Kier alpha value is -1.68. The van der Waals surface area contributed by atoms with Crippen LogP contribution in [0.25, 0.3) is 0 Å². The summed E-state index contributed by atoms with van der Waals surface area (Å²) >= 11 is 1.58. The monoisotopic (exact) mass is 274 g/mol. The van der Waals surface area contributed by atoms with Gasteiger partial charge in [-0.05, 0) is 36.6 Å². The van der Waals surface area contributed by atoms with Crippen LogP contribution >= 0.6 is 11.3 Å². The van der Waals surface area contributed by atoms with Crippen molar-refractivity contribution < 1.29 is 4.79 Å². The summed E-state index contributed by atoms with van der Waals surface area (Å²) < 4.78 is 0. The molecular formula is C15H18N2OS. The number of carbonyl (C=O) groups excluding carboxylic acids is 1.